The van der Waals surface area contributed by atoms with Gasteiger partial charge in [0.2, 0.25) is 0 Å². The molecule has 82 valence electrons. The molecule has 0 aromatic carbocycles. The average Bonchev–Trinajstić information content (AvgIpc) is 2.81. The van der Waals surface area contributed by atoms with Gasteiger partial charge in [0.25, 0.3) is 0 Å². The fourth-order valence-corrected chi connectivity index (χ4v) is 1.95. The Balaban J connectivity index is 2.10. The normalized spacial score (nSPS) is 24.5. The van der Waals surface area contributed by atoms with Crippen molar-refractivity contribution in [1.29, 1.82) is 0 Å². The van der Waals surface area contributed by atoms with Crippen LogP contribution in [0.2, 0.25) is 0 Å². The number of aromatic nitrogens is 2. The van der Waals surface area contributed by atoms with Gasteiger partial charge in [-0.2, -0.15) is 5.10 Å². The monoisotopic (exact) mass is 208 g/mol. The summed E-state index contributed by atoms with van der Waals surface area (Å²) in [5.41, 5.74) is 1.08. The zero-order valence-electron chi connectivity index (χ0n) is 9.05. The Kier molecular flexibility index (Phi) is 2.50. The summed E-state index contributed by atoms with van der Waals surface area (Å²) < 4.78 is 1.94. The van der Waals surface area contributed by atoms with Crippen LogP contribution in [0.15, 0.2) is 12.3 Å². The summed E-state index contributed by atoms with van der Waals surface area (Å²) in [7, 11) is 0. The molecule has 0 spiro atoms. The molecule has 0 radical (unpaired) electrons. The summed E-state index contributed by atoms with van der Waals surface area (Å²) in [6.45, 7) is 5.13. The maximum Gasteiger partial charge on any atom is 0.307 e. The molecule has 1 aromatic rings. The van der Waals surface area contributed by atoms with Gasteiger partial charge in [0, 0.05) is 24.4 Å². The predicted molar refractivity (Wildman–Crippen MR) is 55.5 cm³/mol. The second-order valence-corrected chi connectivity index (χ2v) is 4.62. The fourth-order valence-electron chi connectivity index (χ4n) is 1.95. The Morgan fingerprint density at radius 1 is 1.73 bits per heavy atom. The fraction of sp³-hybridized carbons (Fsp3) is 0.636. The van der Waals surface area contributed by atoms with Gasteiger partial charge in [0.15, 0.2) is 0 Å². The van der Waals surface area contributed by atoms with Crippen LogP contribution in [0.3, 0.4) is 0 Å². The number of carbonyl (C=O) groups is 1. The van der Waals surface area contributed by atoms with Gasteiger partial charge >= 0.3 is 5.97 Å². The van der Waals surface area contributed by atoms with Crippen molar-refractivity contribution in [1.82, 2.24) is 9.78 Å². The van der Waals surface area contributed by atoms with E-state index in [0.29, 0.717) is 5.92 Å². The molecule has 1 fully saturated rings. The third kappa shape index (κ3) is 2.03. The first-order valence-corrected chi connectivity index (χ1v) is 5.34. The Hall–Kier alpha value is -1.32. The number of carboxylic acid groups (broad SMARTS) is 1. The van der Waals surface area contributed by atoms with Crippen LogP contribution < -0.4 is 0 Å². The lowest BCUT2D eigenvalue weighted by Crippen LogP contribution is -2.10. The molecule has 1 aliphatic rings. The Morgan fingerprint density at radius 3 is 3.00 bits per heavy atom. The van der Waals surface area contributed by atoms with Crippen LogP contribution in [-0.4, -0.2) is 20.9 Å². The molecule has 2 atom stereocenters. The highest BCUT2D eigenvalue weighted by Gasteiger charge is 2.45. The molecule has 4 heteroatoms. The van der Waals surface area contributed by atoms with Crippen LogP contribution in [0, 0.1) is 11.8 Å². The number of aliphatic carboxylic acids is 1. The van der Waals surface area contributed by atoms with Gasteiger partial charge in [-0.3, -0.25) is 9.48 Å². The summed E-state index contributed by atoms with van der Waals surface area (Å²) in [6, 6.07) is 1.94. The van der Waals surface area contributed by atoms with Crippen molar-refractivity contribution in [2.75, 3.05) is 0 Å². The topological polar surface area (TPSA) is 55.1 Å². The molecule has 1 heterocycles. The molecule has 1 aliphatic carbocycles. The molecular formula is C11H16N2O2. The Morgan fingerprint density at radius 2 is 2.47 bits per heavy atom. The van der Waals surface area contributed by atoms with Crippen LogP contribution in [0.5, 0.6) is 0 Å². The minimum atomic E-state index is -0.683. The van der Waals surface area contributed by atoms with Crippen molar-refractivity contribution in [2.45, 2.75) is 32.7 Å². The van der Waals surface area contributed by atoms with Crippen molar-refractivity contribution < 1.29 is 9.90 Å². The maximum atomic E-state index is 10.8. The third-order valence-electron chi connectivity index (χ3n) is 2.78. The molecule has 0 aliphatic heterocycles. The lowest BCUT2D eigenvalue weighted by atomic mass is 10.2. The summed E-state index contributed by atoms with van der Waals surface area (Å²) in [5, 5.41) is 13.1. The second kappa shape index (κ2) is 3.68. The zero-order chi connectivity index (χ0) is 11.0. The summed E-state index contributed by atoms with van der Waals surface area (Å²) in [4.78, 5) is 10.8. The molecule has 2 rings (SSSR count). The largest absolute Gasteiger partial charge is 0.481 e. The quantitative estimate of drug-likeness (QED) is 0.819. The molecule has 15 heavy (non-hydrogen) atoms. The van der Waals surface area contributed by atoms with Crippen LogP contribution >= 0.6 is 0 Å². The van der Waals surface area contributed by atoms with E-state index in [1.165, 1.54) is 0 Å². The number of carboxylic acids is 1. The first kappa shape index (κ1) is 10.2. The standard InChI is InChI=1S/C11H16N2O2/c1-7(2)6-13-10(3-4-12-13)8-5-9(8)11(14)15/h3-4,7-9H,5-6H2,1-2H3,(H,14,15). The molecule has 1 N–H and O–H groups in total. The smallest absolute Gasteiger partial charge is 0.307 e. The van der Waals surface area contributed by atoms with Crippen LogP contribution in [0.1, 0.15) is 31.9 Å². The van der Waals surface area contributed by atoms with Gasteiger partial charge < -0.3 is 5.11 Å². The van der Waals surface area contributed by atoms with Crippen LogP contribution in [0.4, 0.5) is 0 Å². The van der Waals surface area contributed by atoms with E-state index in [1.54, 1.807) is 6.20 Å². The van der Waals surface area contributed by atoms with E-state index in [9.17, 15) is 4.79 Å². The molecule has 2 unspecified atom stereocenters. The lowest BCUT2D eigenvalue weighted by Gasteiger charge is -2.09. The predicted octanol–water partition coefficient (Wildman–Crippen LogP) is 1.73. The molecule has 4 nitrogen and oxygen atoms in total. The van der Waals surface area contributed by atoms with Gasteiger partial charge in [0.1, 0.15) is 0 Å². The van der Waals surface area contributed by atoms with Crippen molar-refractivity contribution in [2.24, 2.45) is 11.8 Å². The van der Waals surface area contributed by atoms with Crippen molar-refractivity contribution in [3.05, 3.63) is 18.0 Å². The van der Waals surface area contributed by atoms with Gasteiger partial charge in [-0.1, -0.05) is 13.8 Å². The highest BCUT2D eigenvalue weighted by molar-refractivity contribution is 5.75. The van der Waals surface area contributed by atoms with E-state index in [-0.39, 0.29) is 11.8 Å². The number of nitrogens with zero attached hydrogens (tertiary/aromatic N) is 2. The molecule has 0 bridgehead atoms. The summed E-state index contributed by atoms with van der Waals surface area (Å²) in [6.07, 6.45) is 2.52. The molecule has 0 amide bonds. The van der Waals surface area contributed by atoms with E-state index in [4.69, 9.17) is 5.11 Å². The second-order valence-electron chi connectivity index (χ2n) is 4.62. The lowest BCUT2D eigenvalue weighted by molar-refractivity contribution is -0.138. The van der Waals surface area contributed by atoms with E-state index >= 15 is 0 Å². The van der Waals surface area contributed by atoms with Crippen LogP contribution in [-0.2, 0) is 11.3 Å². The number of hydrogen-bond donors (Lipinski definition) is 1. The minimum absolute atomic E-state index is 0.184. The molecular weight excluding hydrogens is 192 g/mol. The van der Waals surface area contributed by atoms with Crippen molar-refractivity contribution >= 4 is 5.97 Å². The number of hydrogen-bond acceptors (Lipinski definition) is 2. The van der Waals surface area contributed by atoms with Crippen molar-refractivity contribution in [3.63, 3.8) is 0 Å². The van der Waals surface area contributed by atoms with Gasteiger partial charge in [-0.25, -0.2) is 0 Å². The van der Waals surface area contributed by atoms with Gasteiger partial charge in [-0.15, -0.1) is 0 Å². The number of rotatable bonds is 4. The summed E-state index contributed by atoms with van der Waals surface area (Å²) >= 11 is 0. The van der Waals surface area contributed by atoms with Gasteiger partial charge in [-0.05, 0) is 18.4 Å². The van der Waals surface area contributed by atoms with E-state index in [1.807, 2.05) is 10.7 Å². The summed E-state index contributed by atoms with van der Waals surface area (Å²) in [5.74, 6) is -0.153. The molecule has 1 saturated carbocycles. The van der Waals surface area contributed by atoms with E-state index < -0.39 is 5.97 Å². The molecule has 0 saturated heterocycles. The van der Waals surface area contributed by atoms with Crippen LogP contribution in [0.25, 0.3) is 0 Å². The Labute approximate surface area is 88.9 Å². The average molecular weight is 208 g/mol. The van der Waals surface area contributed by atoms with Gasteiger partial charge in [0.05, 0.1) is 5.92 Å². The highest BCUT2D eigenvalue weighted by Crippen LogP contribution is 2.47. The zero-order valence-corrected chi connectivity index (χ0v) is 9.05. The highest BCUT2D eigenvalue weighted by atomic mass is 16.4. The Bertz CT molecular complexity index is 370. The first-order chi connectivity index (χ1) is 7.09. The first-order valence-electron chi connectivity index (χ1n) is 5.34. The third-order valence-corrected chi connectivity index (χ3v) is 2.78. The van der Waals surface area contributed by atoms with Crippen molar-refractivity contribution in [3.8, 4) is 0 Å². The maximum absolute atomic E-state index is 10.8. The minimum Gasteiger partial charge on any atom is -0.481 e. The SMILES string of the molecule is CC(C)Cn1nccc1C1CC1C(=O)O. The van der Waals surface area contributed by atoms with E-state index in [0.717, 1.165) is 18.7 Å². The van der Waals surface area contributed by atoms with E-state index in [2.05, 4.69) is 18.9 Å². The molecule has 1 aromatic heterocycles.